The number of carbonyl (C=O) groups excluding carboxylic acids is 1. The number of carbonyl (C=O) groups is 1. The lowest BCUT2D eigenvalue weighted by molar-refractivity contribution is 0.0971. The maximum absolute atomic E-state index is 13.9. The van der Waals surface area contributed by atoms with Crippen LogP contribution in [-0.2, 0) is 0 Å². The van der Waals surface area contributed by atoms with Crippen LogP contribution in [0.1, 0.15) is 33.3 Å². The maximum atomic E-state index is 13.9. The summed E-state index contributed by atoms with van der Waals surface area (Å²) in [6.45, 7) is 1.87. The number of nitrogens with zero attached hydrogens (tertiary/aromatic N) is 1. The van der Waals surface area contributed by atoms with Gasteiger partial charge in [-0.25, -0.2) is 0 Å². The normalized spacial score (nSPS) is 14.8. The molecule has 0 radical (unpaired) electrons. The van der Waals surface area contributed by atoms with Crippen LogP contribution in [0.5, 0.6) is 17.2 Å². The standard InChI is InChI=1S/C27H21BrClNO6/c1-13-5-7-16(12-18(13)29)30-23(14-9-20(33-2)25(35-4)21(10-14)34-3)22-24(31)17-11-15(28)6-8-19(17)36-26(22)27(30)32/h5-12,23H,1-4H3. The third-order valence-corrected chi connectivity index (χ3v) is 7.17. The second-order valence-corrected chi connectivity index (χ2v) is 9.61. The van der Waals surface area contributed by atoms with E-state index in [0.717, 1.165) is 10.0 Å². The van der Waals surface area contributed by atoms with Crippen molar-refractivity contribution < 1.29 is 23.4 Å². The van der Waals surface area contributed by atoms with Crippen LogP contribution in [0.15, 0.2) is 62.2 Å². The van der Waals surface area contributed by atoms with Crippen LogP contribution in [0.2, 0.25) is 5.02 Å². The number of hydrogen-bond acceptors (Lipinski definition) is 6. The zero-order valence-corrected chi connectivity index (χ0v) is 22.2. The van der Waals surface area contributed by atoms with E-state index in [1.54, 1.807) is 42.5 Å². The Hall–Kier alpha value is -3.49. The monoisotopic (exact) mass is 569 g/mol. The van der Waals surface area contributed by atoms with E-state index in [4.69, 9.17) is 30.2 Å². The summed E-state index contributed by atoms with van der Waals surface area (Å²) < 4.78 is 23.3. The molecule has 2 heterocycles. The number of methoxy groups -OCH3 is 3. The van der Waals surface area contributed by atoms with Crippen LogP contribution in [0.4, 0.5) is 5.69 Å². The first-order chi connectivity index (χ1) is 17.3. The Labute approximate surface area is 220 Å². The molecule has 1 aliphatic rings. The Morgan fingerprint density at radius 3 is 2.25 bits per heavy atom. The van der Waals surface area contributed by atoms with E-state index >= 15 is 0 Å². The van der Waals surface area contributed by atoms with Gasteiger partial charge >= 0.3 is 0 Å². The van der Waals surface area contributed by atoms with E-state index in [2.05, 4.69) is 15.9 Å². The molecular formula is C27H21BrClNO6. The lowest BCUT2D eigenvalue weighted by Crippen LogP contribution is -2.29. The van der Waals surface area contributed by atoms with Gasteiger partial charge in [0, 0.05) is 15.2 Å². The van der Waals surface area contributed by atoms with Crippen molar-refractivity contribution in [3.63, 3.8) is 0 Å². The molecule has 7 nitrogen and oxygen atoms in total. The minimum atomic E-state index is -0.834. The van der Waals surface area contributed by atoms with Crippen LogP contribution in [-0.4, -0.2) is 27.2 Å². The van der Waals surface area contributed by atoms with E-state index in [1.165, 1.54) is 26.2 Å². The van der Waals surface area contributed by atoms with Crippen LogP contribution >= 0.6 is 27.5 Å². The maximum Gasteiger partial charge on any atom is 0.295 e. The number of rotatable bonds is 5. The average Bonchev–Trinajstić information content (AvgIpc) is 3.17. The molecular weight excluding hydrogens is 550 g/mol. The molecule has 1 aromatic heterocycles. The molecule has 0 N–H and O–H groups in total. The molecule has 36 heavy (non-hydrogen) atoms. The number of anilines is 1. The summed E-state index contributed by atoms with van der Waals surface area (Å²) in [5.41, 5.74) is 2.19. The second-order valence-electron chi connectivity index (χ2n) is 8.28. The summed E-state index contributed by atoms with van der Waals surface area (Å²) in [7, 11) is 4.52. The third kappa shape index (κ3) is 3.72. The number of hydrogen-bond donors (Lipinski definition) is 0. The number of fused-ring (bicyclic) bond motifs is 2. The van der Waals surface area contributed by atoms with Gasteiger partial charge in [-0.3, -0.25) is 14.5 Å². The van der Waals surface area contributed by atoms with Gasteiger partial charge in [0.1, 0.15) is 5.58 Å². The minimum Gasteiger partial charge on any atom is -0.493 e. The predicted molar refractivity (Wildman–Crippen MR) is 141 cm³/mol. The zero-order chi connectivity index (χ0) is 25.7. The molecule has 3 aromatic carbocycles. The van der Waals surface area contributed by atoms with Gasteiger partial charge in [0.15, 0.2) is 16.9 Å². The fourth-order valence-corrected chi connectivity index (χ4v) is 5.05. The van der Waals surface area contributed by atoms with Crippen molar-refractivity contribution in [1.82, 2.24) is 0 Å². The largest absolute Gasteiger partial charge is 0.493 e. The number of benzene rings is 3. The fraction of sp³-hybridized carbons (Fsp3) is 0.185. The summed E-state index contributed by atoms with van der Waals surface area (Å²) >= 11 is 9.85. The van der Waals surface area contributed by atoms with Gasteiger partial charge in [-0.2, -0.15) is 0 Å². The van der Waals surface area contributed by atoms with Gasteiger partial charge in [-0.05, 0) is 60.5 Å². The van der Waals surface area contributed by atoms with Gasteiger partial charge < -0.3 is 18.6 Å². The molecule has 184 valence electrons. The number of amides is 1. The Kier molecular flexibility index (Phi) is 6.18. The van der Waals surface area contributed by atoms with Gasteiger partial charge in [-0.1, -0.05) is 33.6 Å². The lowest BCUT2D eigenvalue weighted by Gasteiger charge is -2.26. The average molecular weight is 571 g/mol. The topological polar surface area (TPSA) is 78.2 Å². The molecule has 1 amide bonds. The minimum absolute atomic E-state index is 0.0229. The van der Waals surface area contributed by atoms with Gasteiger partial charge in [0.2, 0.25) is 11.5 Å². The lowest BCUT2D eigenvalue weighted by atomic mass is 9.97. The molecule has 0 saturated heterocycles. The highest BCUT2D eigenvalue weighted by Gasteiger charge is 2.44. The Balaban J connectivity index is 1.85. The Bertz CT molecular complexity index is 1570. The number of aryl methyl sites for hydroxylation is 1. The first-order valence-corrected chi connectivity index (χ1v) is 12.1. The number of ether oxygens (including phenoxy) is 3. The van der Waals surface area contributed by atoms with Crippen molar-refractivity contribution in [3.8, 4) is 17.2 Å². The van der Waals surface area contributed by atoms with Gasteiger partial charge in [0.05, 0.1) is 38.3 Å². The van der Waals surface area contributed by atoms with E-state index in [1.807, 2.05) is 13.0 Å². The molecule has 1 unspecified atom stereocenters. The molecule has 1 aliphatic heterocycles. The summed E-state index contributed by atoms with van der Waals surface area (Å²) in [5, 5.41) is 0.852. The van der Waals surface area contributed by atoms with Crippen LogP contribution < -0.4 is 24.5 Å². The summed E-state index contributed by atoms with van der Waals surface area (Å²) in [6.07, 6.45) is 0. The summed E-state index contributed by atoms with van der Waals surface area (Å²) in [5.74, 6) is 0.702. The highest BCUT2D eigenvalue weighted by atomic mass is 79.9. The Morgan fingerprint density at radius 2 is 1.64 bits per heavy atom. The quantitative estimate of drug-likeness (QED) is 0.281. The molecule has 1 atom stereocenters. The van der Waals surface area contributed by atoms with Crippen molar-refractivity contribution in [2.24, 2.45) is 0 Å². The van der Waals surface area contributed by atoms with E-state index < -0.39 is 11.9 Å². The molecule has 0 spiro atoms. The third-order valence-electron chi connectivity index (χ3n) is 6.27. The molecule has 0 saturated carbocycles. The van der Waals surface area contributed by atoms with Crippen LogP contribution in [0, 0.1) is 6.92 Å². The smallest absolute Gasteiger partial charge is 0.295 e. The summed E-state index contributed by atoms with van der Waals surface area (Å²) in [6, 6.07) is 13.0. The second kappa shape index (κ2) is 9.19. The van der Waals surface area contributed by atoms with Gasteiger partial charge in [0.25, 0.3) is 5.91 Å². The molecule has 0 fully saturated rings. The van der Waals surface area contributed by atoms with E-state index in [-0.39, 0.29) is 16.8 Å². The van der Waals surface area contributed by atoms with Crippen molar-refractivity contribution in [3.05, 3.63) is 90.7 Å². The Morgan fingerprint density at radius 1 is 0.944 bits per heavy atom. The van der Waals surface area contributed by atoms with Crippen molar-refractivity contribution in [1.29, 1.82) is 0 Å². The highest BCUT2D eigenvalue weighted by molar-refractivity contribution is 9.10. The SMILES string of the molecule is COc1cc(C2c3c(oc4ccc(Br)cc4c3=O)C(=O)N2c2ccc(C)c(Cl)c2)cc(OC)c1OC. The fourth-order valence-electron chi connectivity index (χ4n) is 4.52. The first-order valence-electron chi connectivity index (χ1n) is 10.9. The molecule has 4 aromatic rings. The van der Waals surface area contributed by atoms with Crippen LogP contribution in [0.25, 0.3) is 11.0 Å². The molecule has 0 aliphatic carbocycles. The van der Waals surface area contributed by atoms with Crippen molar-refractivity contribution in [2.45, 2.75) is 13.0 Å². The van der Waals surface area contributed by atoms with E-state index in [0.29, 0.717) is 44.5 Å². The molecule has 9 heteroatoms. The van der Waals surface area contributed by atoms with Crippen LogP contribution in [0.3, 0.4) is 0 Å². The molecule has 5 rings (SSSR count). The molecule has 0 bridgehead atoms. The van der Waals surface area contributed by atoms with E-state index in [9.17, 15) is 9.59 Å². The number of halogens is 2. The van der Waals surface area contributed by atoms with Crippen molar-refractivity contribution in [2.75, 3.05) is 26.2 Å². The van der Waals surface area contributed by atoms with Gasteiger partial charge in [-0.15, -0.1) is 0 Å². The predicted octanol–water partition coefficient (Wildman–Crippen LogP) is 6.29. The highest BCUT2D eigenvalue weighted by Crippen LogP contribution is 2.46. The summed E-state index contributed by atoms with van der Waals surface area (Å²) in [4.78, 5) is 29.2. The first kappa shape index (κ1) is 24.2. The zero-order valence-electron chi connectivity index (χ0n) is 19.8. The van der Waals surface area contributed by atoms with Crippen molar-refractivity contribution >= 4 is 50.1 Å².